The molecule has 0 saturated carbocycles. The topological polar surface area (TPSA) is 86.8 Å². The molecular weight excluding hydrogens is 546 g/mol. The van der Waals surface area contributed by atoms with Crippen molar-refractivity contribution >= 4 is 27.5 Å². The van der Waals surface area contributed by atoms with E-state index >= 15 is 0 Å². The maximum Gasteiger partial charge on any atom is 0.243 e. The fraction of sp³-hybridized carbons (Fsp3) is 0.412. The van der Waals surface area contributed by atoms with Gasteiger partial charge in [-0.25, -0.2) is 8.42 Å². The lowest BCUT2D eigenvalue weighted by Gasteiger charge is -2.32. The summed E-state index contributed by atoms with van der Waals surface area (Å²) in [7, 11) is -3.56. The number of hydrogen-bond acceptors (Lipinski definition) is 4. The van der Waals surface area contributed by atoms with Crippen LogP contribution in [0.1, 0.15) is 60.4 Å². The third kappa shape index (κ3) is 9.72. The van der Waals surface area contributed by atoms with Crippen molar-refractivity contribution in [3.63, 3.8) is 0 Å². The van der Waals surface area contributed by atoms with Crippen LogP contribution in [0.3, 0.4) is 0 Å². The zero-order valence-corrected chi connectivity index (χ0v) is 26.4. The number of hydrogen-bond donors (Lipinski definition) is 1. The van der Waals surface area contributed by atoms with E-state index in [1.807, 2.05) is 87.5 Å². The summed E-state index contributed by atoms with van der Waals surface area (Å²) >= 11 is 0. The number of unbranched alkanes of at least 4 members (excludes halogenated alkanes) is 1. The molecule has 3 aromatic carbocycles. The molecule has 0 heterocycles. The number of carbonyl (C=O) groups excluding carboxylic acids is 2. The van der Waals surface area contributed by atoms with Crippen molar-refractivity contribution in [1.29, 1.82) is 0 Å². The molecule has 8 heteroatoms. The summed E-state index contributed by atoms with van der Waals surface area (Å²) in [5.74, 6) is -0.364. The Morgan fingerprint density at radius 2 is 1.55 bits per heavy atom. The second-order valence-corrected chi connectivity index (χ2v) is 13.0. The Kier molecular flexibility index (Phi) is 12.2. The molecule has 42 heavy (non-hydrogen) atoms. The van der Waals surface area contributed by atoms with Gasteiger partial charge in [0.05, 0.1) is 11.9 Å². The van der Waals surface area contributed by atoms with Crippen molar-refractivity contribution in [2.75, 3.05) is 23.7 Å². The zero-order valence-electron chi connectivity index (χ0n) is 25.6. The van der Waals surface area contributed by atoms with E-state index in [9.17, 15) is 18.0 Å². The molecule has 0 radical (unpaired) electrons. The fourth-order valence-corrected chi connectivity index (χ4v) is 5.79. The molecule has 3 rings (SSSR count). The third-order valence-corrected chi connectivity index (χ3v) is 8.70. The molecular formula is C34H45N3O4S. The van der Waals surface area contributed by atoms with Gasteiger partial charge in [-0.05, 0) is 68.0 Å². The molecule has 2 amide bonds. The molecule has 226 valence electrons. The third-order valence-electron chi connectivity index (χ3n) is 7.50. The van der Waals surface area contributed by atoms with Gasteiger partial charge in [-0.1, -0.05) is 79.6 Å². The molecule has 1 N–H and O–H groups in total. The van der Waals surface area contributed by atoms with Crippen LogP contribution in [0.5, 0.6) is 0 Å². The first-order chi connectivity index (χ1) is 20.0. The molecule has 0 aliphatic heterocycles. The smallest absolute Gasteiger partial charge is 0.243 e. The number of amides is 2. The molecule has 0 bridgehead atoms. The van der Waals surface area contributed by atoms with Gasteiger partial charge in [0.2, 0.25) is 21.8 Å². The first-order valence-electron chi connectivity index (χ1n) is 14.7. The van der Waals surface area contributed by atoms with Crippen LogP contribution < -0.4 is 9.62 Å². The maximum atomic E-state index is 13.9. The first kappa shape index (κ1) is 32.9. The van der Waals surface area contributed by atoms with Crippen molar-refractivity contribution in [3.8, 4) is 0 Å². The Hall–Kier alpha value is -3.65. The van der Waals surface area contributed by atoms with E-state index in [0.717, 1.165) is 40.7 Å². The van der Waals surface area contributed by atoms with Gasteiger partial charge in [-0.15, -0.1) is 0 Å². The molecule has 3 aromatic rings. The van der Waals surface area contributed by atoms with Crippen molar-refractivity contribution in [3.05, 3.63) is 101 Å². The van der Waals surface area contributed by atoms with Crippen LogP contribution in [0.2, 0.25) is 0 Å². The molecule has 0 aliphatic rings. The predicted octanol–water partition coefficient (Wildman–Crippen LogP) is 5.71. The Labute approximate surface area is 252 Å². The van der Waals surface area contributed by atoms with Crippen LogP contribution in [-0.4, -0.2) is 50.5 Å². The van der Waals surface area contributed by atoms with Crippen LogP contribution in [0, 0.1) is 20.8 Å². The predicted molar refractivity (Wildman–Crippen MR) is 171 cm³/mol. The number of anilines is 1. The van der Waals surface area contributed by atoms with E-state index in [4.69, 9.17) is 0 Å². The van der Waals surface area contributed by atoms with Crippen LogP contribution in [0.25, 0.3) is 0 Å². The van der Waals surface area contributed by atoms with Gasteiger partial charge < -0.3 is 10.2 Å². The van der Waals surface area contributed by atoms with E-state index in [1.54, 1.807) is 11.0 Å². The summed E-state index contributed by atoms with van der Waals surface area (Å²) in [6.45, 7) is 9.00. The Balaban J connectivity index is 1.87. The molecule has 0 saturated heterocycles. The average molecular weight is 592 g/mol. The van der Waals surface area contributed by atoms with Gasteiger partial charge >= 0.3 is 0 Å². The normalized spacial score (nSPS) is 12.0. The standard InChI is InChI=1S/C34H45N3O4S/c1-6-7-21-35-34(39)32(24-29-12-9-8-10-13-29)36(25-30-18-15-26(2)16-19-30)33(38)14-11-22-37(42(5,40)41)31-20-17-27(3)28(4)23-31/h8-10,12-13,15-20,23,32H,6-7,11,14,21-22,24-25H2,1-5H3,(H,35,39). The lowest BCUT2D eigenvalue weighted by atomic mass is 10.0. The molecule has 1 unspecified atom stereocenters. The zero-order chi connectivity index (χ0) is 30.7. The highest BCUT2D eigenvalue weighted by molar-refractivity contribution is 7.92. The number of nitrogens with one attached hydrogen (secondary N) is 1. The second-order valence-electron chi connectivity index (χ2n) is 11.1. The molecule has 0 spiro atoms. The van der Waals surface area contributed by atoms with Gasteiger partial charge in [0, 0.05) is 32.5 Å². The van der Waals surface area contributed by atoms with Crippen LogP contribution in [0.4, 0.5) is 5.69 Å². The number of sulfonamides is 1. The summed E-state index contributed by atoms with van der Waals surface area (Å²) in [6, 6.07) is 22.5. The Bertz CT molecular complexity index is 1420. The van der Waals surface area contributed by atoms with E-state index in [-0.39, 0.29) is 31.3 Å². The average Bonchev–Trinajstić information content (AvgIpc) is 2.95. The van der Waals surface area contributed by atoms with Crippen LogP contribution in [-0.2, 0) is 32.6 Å². The highest BCUT2D eigenvalue weighted by Crippen LogP contribution is 2.23. The van der Waals surface area contributed by atoms with Crippen molar-refractivity contribution in [2.24, 2.45) is 0 Å². The van der Waals surface area contributed by atoms with Gasteiger partial charge in [0.25, 0.3) is 0 Å². The maximum absolute atomic E-state index is 13.9. The Morgan fingerprint density at radius 3 is 2.17 bits per heavy atom. The number of benzene rings is 3. The minimum Gasteiger partial charge on any atom is -0.354 e. The lowest BCUT2D eigenvalue weighted by Crippen LogP contribution is -2.50. The number of nitrogens with zero attached hydrogens (tertiary/aromatic N) is 2. The van der Waals surface area contributed by atoms with Gasteiger partial charge in [0.15, 0.2) is 0 Å². The fourth-order valence-electron chi connectivity index (χ4n) is 4.83. The van der Waals surface area contributed by atoms with E-state index in [1.165, 1.54) is 10.6 Å². The molecule has 1 atom stereocenters. The summed E-state index contributed by atoms with van der Waals surface area (Å²) in [4.78, 5) is 29.2. The first-order valence-corrected chi connectivity index (χ1v) is 16.6. The van der Waals surface area contributed by atoms with Crippen molar-refractivity contribution in [1.82, 2.24) is 10.2 Å². The summed E-state index contributed by atoms with van der Waals surface area (Å²) < 4.78 is 26.8. The monoisotopic (exact) mass is 591 g/mol. The highest BCUT2D eigenvalue weighted by Gasteiger charge is 2.30. The number of rotatable bonds is 15. The summed E-state index contributed by atoms with van der Waals surface area (Å²) in [5.41, 5.74) is 5.67. The Morgan fingerprint density at radius 1 is 0.857 bits per heavy atom. The number of aryl methyl sites for hydroxylation is 3. The molecule has 0 aromatic heterocycles. The van der Waals surface area contributed by atoms with Gasteiger partial charge in [0.1, 0.15) is 6.04 Å². The second kappa shape index (κ2) is 15.5. The van der Waals surface area contributed by atoms with Crippen molar-refractivity contribution in [2.45, 2.75) is 72.4 Å². The minimum absolute atomic E-state index is 0.107. The molecule has 0 fully saturated rings. The number of carbonyl (C=O) groups is 2. The lowest BCUT2D eigenvalue weighted by molar-refractivity contribution is -0.141. The highest BCUT2D eigenvalue weighted by atomic mass is 32.2. The van der Waals surface area contributed by atoms with E-state index in [0.29, 0.717) is 25.1 Å². The van der Waals surface area contributed by atoms with E-state index in [2.05, 4.69) is 12.2 Å². The molecule has 7 nitrogen and oxygen atoms in total. The van der Waals surface area contributed by atoms with Gasteiger partial charge in [-0.2, -0.15) is 0 Å². The summed E-state index contributed by atoms with van der Waals surface area (Å²) in [6.07, 6.45) is 3.80. The van der Waals surface area contributed by atoms with Crippen LogP contribution >= 0.6 is 0 Å². The quantitative estimate of drug-likeness (QED) is 0.229. The summed E-state index contributed by atoms with van der Waals surface area (Å²) in [5, 5.41) is 3.04. The van der Waals surface area contributed by atoms with Gasteiger partial charge in [-0.3, -0.25) is 13.9 Å². The SMILES string of the molecule is CCCCNC(=O)C(Cc1ccccc1)N(Cc1ccc(C)cc1)C(=O)CCCN(c1ccc(C)c(C)c1)S(C)(=O)=O. The largest absolute Gasteiger partial charge is 0.354 e. The van der Waals surface area contributed by atoms with E-state index < -0.39 is 16.1 Å². The van der Waals surface area contributed by atoms with Crippen molar-refractivity contribution < 1.29 is 18.0 Å². The van der Waals surface area contributed by atoms with Crippen LogP contribution in [0.15, 0.2) is 72.8 Å². The molecule has 0 aliphatic carbocycles. The minimum atomic E-state index is -3.56.